The highest BCUT2D eigenvalue weighted by atomic mass is 16.6. The van der Waals surface area contributed by atoms with E-state index in [1.807, 2.05) is 13.0 Å². The van der Waals surface area contributed by atoms with E-state index >= 15 is 0 Å². The first kappa shape index (κ1) is 12.9. The van der Waals surface area contributed by atoms with Crippen molar-refractivity contribution in [3.63, 3.8) is 0 Å². The molecule has 0 aliphatic carbocycles. The number of hydrogen-bond donors (Lipinski definition) is 1. The van der Waals surface area contributed by atoms with E-state index in [0.717, 1.165) is 5.69 Å². The lowest BCUT2D eigenvalue weighted by molar-refractivity contribution is -0.385. The van der Waals surface area contributed by atoms with E-state index in [-0.39, 0.29) is 11.4 Å². The van der Waals surface area contributed by atoms with Gasteiger partial charge in [-0.1, -0.05) is 5.16 Å². The number of aryl methyl sites for hydroxylation is 1. The molecule has 2 aromatic rings. The summed E-state index contributed by atoms with van der Waals surface area (Å²) >= 11 is 0. The van der Waals surface area contributed by atoms with E-state index in [9.17, 15) is 10.1 Å². The molecule has 1 aromatic heterocycles. The molecule has 2 rings (SSSR count). The molecule has 7 nitrogen and oxygen atoms in total. The van der Waals surface area contributed by atoms with E-state index < -0.39 is 4.92 Å². The number of anilines is 1. The maximum Gasteiger partial charge on any atom is 0.311 e. The molecule has 0 bridgehead atoms. The summed E-state index contributed by atoms with van der Waals surface area (Å²) in [4.78, 5) is 10.3. The highest BCUT2D eigenvalue weighted by molar-refractivity contribution is 5.57. The fourth-order valence-corrected chi connectivity index (χ4v) is 1.63. The minimum atomic E-state index is -0.484. The number of benzene rings is 1. The summed E-state index contributed by atoms with van der Waals surface area (Å²) in [6.07, 6.45) is 0. The average Bonchev–Trinajstić information content (AvgIpc) is 2.81. The van der Waals surface area contributed by atoms with E-state index in [2.05, 4.69) is 10.5 Å². The van der Waals surface area contributed by atoms with Gasteiger partial charge in [0.1, 0.15) is 0 Å². The third-order valence-electron chi connectivity index (χ3n) is 2.52. The highest BCUT2D eigenvalue weighted by Gasteiger charge is 2.14. The van der Waals surface area contributed by atoms with Gasteiger partial charge in [0.05, 0.1) is 24.3 Å². The molecule has 0 aliphatic rings. The minimum absolute atomic E-state index is 0.0661. The maximum atomic E-state index is 10.8. The normalized spacial score (nSPS) is 10.2. The number of ether oxygens (including phenoxy) is 1. The number of aromatic nitrogens is 1. The number of methoxy groups -OCH3 is 1. The fourth-order valence-electron chi connectivity index (χ4n) is 1.63. The van der Waals surface area contributed by atoms with Gasteiger partial charge in [-0.3, -0.25) is 10.1 Å². The van der Waals surface area contributed by atoms with Crippen LogP contribution in [0.1, 0.15) is 11.5 Å². The Kier molecular flexibility index (Phi) is 3.65. The first-order valence-corrected chi connectivity index (χ1v) is 5.58. The standard InChI is InChI=1S/C12H13N3O4/c1-8-5-10(19-14-8)7-13-9-3-4-11(15(16)17)12(6-9)18-2/h3-6,13H,7H2,1-2H3. The van der Waals surface area contributed by atoms with Gasteiger partial charge in [-0.25, -0.2) is 0 Å². The van der Waals surface area contributed by atoms with E-state index in [4.69, 9.17) is 9.26 Å². The van der Waals surface area contributed by atoms with Gasteiger partial charge in [-0.2, -0.15) is 0 Å². The van der Waals surface area contributed by atoms with Crippen molar-refractivity contribution in [1.29, 1.82) is 0 Å². The van der Waals surface area contributed by atoms with Crippen molar-refractivity contribution in [3.05, 3.63) is 45.8 Å². The van der Waals surface area contributed by atoms with Crippen molar-refractivity contribution >= 4 is 11.4 Å². The predicted octanol–water partition coefficient (Wildman–Crippen LogP) is 2.51. The molecule has 0 unspecified atom stereocenters. The monoisotopic (exact) mass is 263 g/mol. The molecule has 0 spiro atoms. The summed E-state index contributed by atoms with van der Waals surface area (Å²) in [7, 11) is 1.39. The summed E-state index contributed by atoms with van der Waals surface area (Å²) in [5, 5.41) is 17.6. The SMILES string of the molecule is COc1cc(NCc2cc(C)no2)ccc1[N+](=O)[O-]. The molecule has 0 atom stereocenters. The Hall–Kier alpha value is -2.57. The summed E-state index contributed by atoms with van der Waals surface area (Å²) in [5.41, 5.74) is 1.44. The van der Waals surface area contributed by atoms with Crippen LogP contribution in [0.2, 0.25) is 0 Å². The van der Waals surface area contributed by atoms with Gasteiger partial charge in [0.25, 0.3) is 0 Å². The zero-order chi connectivity index (χ0) is 13.8. The van der Waals surface area contributed by atoms with Crippen molar-refractivity contribution < 1.29 is 14.2 Å². The first-order valence-electron chi connectivity index (χ1n) is 5.58. The third-order valence-corrected chi connectivity index (χ3v) is 2.52. The number of rotatable bonds is 5. The Morgan fingerprint density at radius 2 is 2.26 bits per heavy atom. The van der Waals surface area contributed by atoms with Crippen molar-refractivity contribution in [1.82, 2.24) is 5.16 Å². The quantitative estimate of drug-likeness (QED) is 0.658. The van der Waals surface area contributed by atoms with E-state index in [1.165, 1.54) is 13.2 Å². The fraction of sp³-hybridized carbons (Fsp3) is 0.250. The van der Waals surface area contributed by atoms with Crippen LogP contribution in [0.4, 0.5) is 11.4 Å². The molecule has 19 heavy (non-hydrogen) atoms. The smallest absolute Gasteiger partial charge is 0.311 e. The van der Waals surface area contributed by atoms with Crippen molar-refractivity contribution in [2.75, 3.05) is 12.4 Å². The molecule has 1 aromatic carbocycles. The Morgan fingerprint density at radius 1 is 1.47 bits per heavy atom. The molecule has 0 fully saturated rings. The van der Waals surface area contributed by atoms with Gasteiger partial charge in [0.2, 0.25) is 0 Å². The zero-order valence-corrected chi connectivity index (χ0v) is 10.5. The molecule has 1 heterocycles. The molecule has 100 valence electrons. The summed E-state index contributed by atoms with van der Waals surface area (Å²) in [5.74, 6) is 0.901. The van der Waals surface area contributed by atoms with Crippen LogP contribution in [0.25, 0.3) is 0 Å². The van der Waals surface area contributed by atoms with Crippen LogP contribution in [0.5, 0.6) is 5.75 Å². The first-order chi connectivity index (χ1) is 9.10. The van der Waals surface area contributed by atoms with Crippen LogP contribution in [-0.4, -0.2) is 17.2 Å². The Bertz CT molecular complexity index is 594. The van der Waals surface area contributed by atoms with Crippen molar-refractivity contribution in [2.45, 2.75) is 13.5 Å². The number of hydrogen-bond acceptors (Lipinski definition) is 6. The lowest BCUT2D eigenvalue weighted by atomic mass is 10.2. The summed E-state index contributed by atoms with van der Waals surface area (Å²) in [6, 6.07) is 6.40. The van der Waals surface area contributed by atoms with Crippen molar-refractivity contribution in [3.8, 4) is 5.75 Å². The molecule has 0 aliphatic heterocycles. The Labute approximate surface area is 109 Å². The van der Waals surface area contributed by atoms with Gasteiger partial charge >= 0.3 is 5.69 Å². The second-order valence-corrected chi connectivity index (χ2v) is 3.93. The zero-order valence-electron chi connectivity index (χ0n) is 10.5. The predicted molar refractivity (Wildman–Crippen MR) is 68.2 cm³/mol. The third kappa shape index (κ3) is 3.01. The molecular formula is C12H13N3O4. The van der Waals surface area contributed by atoms with Crippen LogP contribution in [0.3, 0.4) is 0 Å². The molecule has 1 N–H and O–H groups in total. The van der Waals surface area contributed by atoms with Gasteiger partial charge < -0.3 is 14.6 Å². The van der Waals surface area contributed by atoms with Crippen LogP contribution in [-0.2, 0) is 6.54 Å². The number of nitrogens with zero attached hydrogens (tertiary/aromatic N) is 2. The minimum Gasteiger partial charge on any atom is -0.490 e. The van der Waals surface area contributed by atoms with Crippen molar-refractivity contribution in [2.24, 2.45) is 0 Å². The number of nitro benzene ring substituents is 1. The summed E-state index contributed by atoms with van der Waals surface area (Å²) in [6.45, 7) is 2.28. The Morgan fingerprint density at radius 3 is 2.84 bits per heavy atom. The van der Waals surface area contributed by atoms with Crippen LogP contribution >= 0.6 is 0 Å². The Balaban J connectivity index is 2.11. The van der Waals surface area contributed by atoms with Gasteiger partial charge in [0, 0.05) is 23.9 Å². The lowest BCUT2D eigenvalue weighted by Gasteiger charge is -2.06. The molecule has 0 radical (unpaired) electrons. The highest BCUT2D eigenvalue weighted by Crippen LogP contribution is 2.29. The van der Waals surface area contributed by atoms with Crippen LogP contribution in [0, 0.1) is 17.0 Å². The second kappa shape index (κ2) is 5.38. The van der Waals surface area contributed by atoms with Gasteiger partial charge in [-0.05, 0) is 13.0 Å². The van der Waals surface area contributed by atoms with E-state index in [0.29, 0.717) is 18.0 Å². The number of nitrogens with one attached hydrogen (secondary N) is 1. The maximum absolute atomic E-state index is 10.8. The summed E-state index contributed by atoms with van der Waals surface area (Å²) < 4.78 is 10.0. The van der Waals surface area contributed by atoms with Crippen LogP contribution < -0.4 is 10.1 Å². The largest absolute Gasteiger partial charge is 0.490 e. The van der Waals surface area contributed by atoms with Gasteiger partial charge in [-0.15, -0.1) is 0 Å². The lowest BCUT2D eigenvalue weighted by Crippen LogP contribution is -2.00. The molecule has 0 saturated heterocycles. The number of nitro groups is 1. The molecule has 0 amide bonds. The molecular weight excluding hydrogens is 250 g/mol. The molecule has 0 saturated carbocycles. The van der Waals surface area contributed by atoms with E-state index in [1.54, 1.807) is 12.1 Å². The molecule has 7 heteroatoms. The topological polar surface area (TPSA) is 90.4 Å². The van der Waals surface area contributed by atoms with Crippen LogP contribution in [0.15, 0.2) is 28.8 Å². The van der Waals surface area contributed by atoms with Gasteiger partial charge in [0.15, 0.2) is 11.5 Å². The second-order valence-electron chi connectivity index (χ2n) is 3.93. The average molecular weight is 263 g/mol.